The number of amides is 1. The minimum Gasteiger partial charge on any atom is -0.388 e. The molecule has 3 nitrogen and oxygen atoms in total. The molecule has 0 bridgehead atoms. The normalized spacial score (nSPS) is 19.9. The van der Waals surface area contributed by atoms with Crippen LogP contribution in [-0.4, -0.2) is 11.0 Å². The number of aliphatic hydroxyl groups excluding tert-OH is 1. The standard InChI is InChI=1S/C14H18ClNO2/c1-7(2)4-12(17)9-5-10-8(3)14(18)16-13(10)11(15)6-9/h5-8,12,17H,4H2,1-3H3,(H,16,18). The van der Waals surface area contributed by atoms with Crippen LogP contribution in [0.5, 0.6) is 0 Å². The topological polar surface area (TPSA) is 49.3 Å². The minimum absolute atomic E-state index is 0.0394. The highest BCUT2D eigenvalue weighted by molar-refractivity contribution is 6.34. The molecule has 18 heavy (non-hydrogen) atoms. The van der Waals surface area contributed by atoms with Crippen LogP contribution >= 0.6 is 11.6 Å². The fourth-order valence-electron chi connectivity index (χ4n) is 2.27. The van der Waals surface area contributed by atoms with Crippen LogP contribution in [0.1, 0.15) is 50.3 Å². The molecule has 0 saturated heterocycles. The molecule has 1 amide bonds. The lowest BCUT2D eigenvalue weighted by Gasteiger charge is -2.15. The first-order valence-electron chi connectivity index (χ1n) is 6.22. The van der Waals surface area contributed by atoms with Gasteiger partial charge in [-0.3, -0.25) is 4.79 Å². The van der Waals surface area contributed by atoms with Crippen molar-refractivity contribution in [1.29, 1.82) is 0 Å². The van der Waals surface area contributed by atoms with Crippen LogP contribution in [0.15, 0.2) is 12.1 Å². The Morgan fingerprint density at radius 1 is 1.44 bits per heavy atom. The average Bonchev–Trinajstić information content (AvgIpc) is 2.56. The Morgan fingerprint density at radius 2 is 2.11 bits per heavy atom. The van der Waals surface area contributed by atoms with Crippen LogP contribution in [0.2, 0.25) is 5.02 Å². The molecule has 98 valence electrons. The van der Waals surface area contributed by atoms with Crippen molar-refractivity contribution in [2.75, 3.05) is 5.32 Å². The predicted molar refractivity (Wildman–Crippen MR) is 72.9 cm³/mol. The van der Waals surface area contributed by atoms with Gasteiger partial charge in [-0.15, -0.1) is 0 Å². The van der Waals surface area contributed by atoms with Gasteiger partial charge < -0.3 is 10.4 Å². The largest absolute Gasteiger partial charge is 0.388 e. The summed E-state index contributed by atoms with van der Waals surface area (Å²) in [5.74, 6) is 0.162. The first-order valence-corrected chi connectivity index (χ1v) is 6.60. The highest BCUT2D eigenvalue weighted by Gasteiger charge is 2.29. The quantitative estimate of drug-likeness (QED) is 0.881. The average molecular weight is 268 g/mol. The van der Waals surface area contributed by atoms with Gasteiger partial charge in [-0.05, 0) is 36.5 Å². The number of carbonyl (C=O) groups excluding carboxylic acids is 1. The number of hydrogen-bond acceptors (Lipinski definition) is 2. The summed E-state index contributed by atoms with van der Waals surface area (Å²) < 4.78 is 0. The van der Waals surface area contributed by atoms with E-state index in [0.29, 0.717) is 23.0 Å². The third-order valence-corrected chi connectivity index (χ3v) is 3.63. The van der Waals surface area contributed by atoms with E-state index < -0.39 is 6.10 Å². The van der Waals surface area contributed by atoms with Gasteiger partial charge >= 0.3 is 0 Å². The third-order valence-electron chi connectivity index (χ3n) is 3.33. The van der Waals surface area contributed by atoms with Crippen LogP contribution in [0.3, 0.4) is 0 Å². The Balaban J connectivity index is 2.36. The highest BCUT2D eigenvalue weighted by Crippen LogP contribution is 2.40. The van der Waals surface area contributed by atoms with E-state index in [1.54, 1.807) is 6.07 Å². The van der Waals surface area contributed by atoms with E-state index in [2.05, 4.69) is 19.2 Å². The van der Waals surface area contributed by atoms with Crippen molar-refractivity contribution >= 4 is 23.2 Å². The van der Waals surface area contributed by atoms with E-state index in [4.69, 9.17) is 11.6 Å². The zero-order chi connectivity index (χ0) is 13.4. The molecule has 2 atom stereocenters. The number of fused-ring (bicyclic) bond motifs is 1. The SMILES string of the molecule is CC(C)CC(O)c1cc(Cl)c2c(c1)C(C)C(=O)N2. The van der Waals surface area contributed by atoms with Gasteiger partial charge in [0, 0.05) is 0 Å². The van der Waals surface area contributed by atoms with Crippen LogP contribution in [0, 0.1) is 5.92 Å². The summed E-state index contributed by atoms with van der Waals surface area (Å²) in [6.07, 6.45) is 0.154. The number of benzene rings is 1. The number of anilines is 1. The van der Waals surface area contributed by atoms with Crippen molar-refractivity contribution in [2.24, 2.45) is 5.92 Å². The molecule has 1 aliphatic heterocycles. The molecule has 1 aromatic rings. The zero-order valence-electron chi connectivity index (χ0n) is 10.8. The molecule has 0 radical (unpaired) electrons. The molecule has 2 unspecified atom stereocenters. The summed E-state index contributed by atoms with van der Waals surface area (Å²) in [5.41, 5.74) is 2.36. The van der Waals surface area contributed by atoms with Gasteiger partial charge in [0.2, 0.25) is 5.91 Å². The van der Waals surface area contributed by atoms with Crippen molar-refractivity contribution < 1.29 is 9.90 Å². The lowest BCUT2D eigenvalue weighted by molar-refractivity contribution is -0.116. The second-order valence-electron chi connectivity index (χ2n) is 5.32. The molecule has 1 aromatic carbocycles. The Hall–Kier alpha value is -1.06. The number of hydrogen-bond donors (Lipinski definition) is 2. The molecular formula is C14H18ClNO2. The minimum atomic E-state index is -0.532. The van der Waals surface area contributed by atoms with Crippen molar-refractivity contribution in [2.45, 2.75) is 39.2 Å². The van der Waals surface area contributed by atoms with E-state index >= 15 is 0 Å². The second kappa shape index (κ2) is 4.90. The Bertz CT molecular complexity index is 485. The van der Waals surface area contributed by atoms with E-state index in [1.165, 1.54) is 0 Å². The van der Waals surface area contributed by atoms with Crippen LogP contribution in [0.4, 0.5) is 5.69 Å². The molecule has 1 aliphatic rings. The number of nitrogens with one attached hydrogen (secondary N) is 1. The van der Waals surface area contributed by atoms with E-state index in [1.807, 2.05) is 13.0 Å². The van der Waals surface area contributed by atoms with Crippen molar-refractivity contribution in [3.05, 3.63) is 28.3 Å². The fourth-order valence-corrected chi connectivity index (χ4v) is 2.55. The Labute approximate surface area is 112 Å². The molecule has 4 heteroatoms. The smallest absolute Gasteiger partial charge is 0.231 e. The van der Waals surface area contributed by atoms with Gasteiger partial charge in [-0.1, -0.05) is 31.5 Å². The summed E-state index contributed by atoms with van der Waals surface area (Å²) in [4.78, 5) is 11.6. The molecule has 0 fully saturated rings. The maximum absolute atomic E-state index is 11.6. The van der Waals surface area contributed by atoms with Crippen molar-refractivity contribution in [1.82, 2.24) is 0 Å². The fraction of sp³-hybridized carbons (Fsp3) is 0.500. The number of halogens is 1. The van der Waals surface area contributed by atoms with Gasteiger partial charge in [-0.2, -0.15) is 0 Å². The van der Waals surface area contributed by atoms with Crippen molar-refractivity contribution in [3.63, 3.8) is 0 Å². The van der Waals surface area contributed by atoms with Crippen molar-refractivity contribution in [3.8, 4) is 0 Å². The van der Waals surface area contributed by atoms with Crippen LogP contribution < -0.4 is 5.32 Å². The highest BCUT2D eigenvalue weighted by atomic mass is 35.5. The first-order chi connectivity index (χ1) is 8.40. The maximum atomic E-state index is 11.6. The van der Waals surface area contributed by atoms with E-state index in [-0.39, 0.29) is 11.8 Å². The predicted octanol–water partition coefficient (Wildman–Crippen LogP) is 3.48. The molecule has 0 spiro atoms. The Morgan fingerprint density at radius 3 is 2.72 bits per heavy atom. The maximum Gasteiger partial charge on any atom is 0.231 e. The van der Waals surface area contributed by atoms with E-state index in [9.17, 15) is 9.90 Å². The van der Waals surface area contributed by atoms with Gasteiger partial charge in [-0.25, -0.2) is 0 Å². The van der Waals surface area contributed by atoms with Gasteiger partial charge in [0.25, 0.3) is 0 Å². The lowest BCUT2D eigenvalue weighted by Crippen LogP contribution is -2.08. The summed E-state index contributed by atoms with van der Waals surface area (Å²) in [5, 5.41) is 13.4. The van der Waals surface area contributed by atoms with Crippen LogP contribution in [0.25, 0.3) is 0 Å². The van der Waals surface area contributed by atoms with Gasteiger partial charge in [0.05, 0.1) is 22.7 Å². The molecule has 0 aliphatic carbocycles. The summed E-state index contributed by atoms with van der Waals surface area (Å²) in [7, 11) is 0. The molecule has 0 aromatic heterocycles. The summed E-state index contributed by atoms with van der Waals surface area (Å²) >= 11 is 6.16. The zero-order valence-corrected chi connectivity index (χ0v) is 11.6. The molecule has 2 rings (SSSR count). The monoisotopic (exact) mass is 267 g/mol. The third kappa shape index (κ3) is 2.38. The molecular weight excluding hydrogens is 250 g/mol. The van der Waals surface area contributed by atoms with Crippen LogP contribution in [-0.2, 0) is 4.79 Å². The summed E-state index contributed by atoms with van der Waals surface area (Å²) in [6, 6.07) is 3.63. The van der Waals surface area contributed by atoms with E-state index in [0.717, 1.165) is 11.1 Å². The number of carbonyl (C=O) groups is 1. The lowest BCUT2D eigenvalue weighted by atomic mass is 9.95. The number of rotatable bonds is 3. The van der Waals surface area contributed by atoms with Gasteiger partial charge in [0.15, 0.2) is 0 Å². The molecule has 0 saturated carbocycles. The first kappa shape index (κ1) is 13.4. The molecule has 2 N–H and O–H groups in total. The number of aliphatic hydroxyl groups is 1. The Kier molecular flexibility index (Phi) is 3.64. The van der Waals surface area contributed by atoms with Gasteiger partial charge in [0.1, 0.15) is 0 Å². The molecule has 1 heterocycles. The summed E-state index contributed by atoms with van der Waals surface area (Å²) in [6.45, 7) is 5.97. The second-order valence-corrected chi connectivity index (χ2v) is 5.73.